The standard InChI is InChI=1S/C16H30N2S2/c1-15(2)12-10-8-6-4-3-5-7-9-11-13-19-16-18-17-14-20-16/h14-15H,3-13H2,1-2H3. The third kappa shape index (κ3) is 10.7. The summed E-state index contributed by atoms with van der Waals surface area (Å²) < 4.78 is 1.12. The highest BCUT2D eigenvalue weighted by Crippen LogP contribution is 2.21. The maximum absolute atomic E-state index is 4.04. The van der Waals surface area contributed by atoms with E-state index in [1.165, 1.54) is 70.0 Å². The average molecular weight is 315 g/mol. The predicted octanol–water partition coefficient (Wildman–Crippen LogP) is 6.19. The minimum atomic E-state index is 0.882. The van der Waals surface area contributed by atoms with Gasteiger partial charge in [-0.15, -0.1) is 10.2 Å². The molecule has 0 saturated carbocycles. The number of thioether (sulfide) groups is 1. The van der Waals surface area contributed by atoms with Crippen molar-refractivity contribution in [1.29, 1.82) is 0 Å². The zero-order valence-electron chi connectivity index (χ0n) is 13.1. The molecule has 0 aliphatic heterocycles. The van der Waals surface area contributed by atoms with E-state index in [0.29, 0.717) is 0 Å². The van der Waals surface area contributed by atoms with Crippen molar-refractivity contribution >= 4 is 23.1 Å². The fourth-order valence-corrected chi connectivity index (χ4v) is 3.84. The van der Waals surface area contributed by atoms with E-state index in [1.807, 2.05) is 17.3 Å². The van der Waals surface area contributed by atoms with E-state index in [9.17, 15) is 0 Å². The van der Waals surface area contributed by atoms with Crippen LogP contribution in [0.15, 0.2) is 9.85 Å². The average Bonchev–Trinajstić information content (AvgIpc) is 2.93. The van der Waals surface area contributed by atoms with Crippen LogP contribution < -0.4 is 0 Å². The molecular weight excluding hydrogens is 284 g/mol. The summed E-state index contributed by atoms with van der Waals surface area (Å²) in [5.41, 5.74) is 1.81. The minimum Gasteiger partial charge on any atom is -0.146 e. The van der Waals surface area contributed by atoms with E-state index in [2.05, 4.69) is 24.0 Å². The molecule has 2 nitrogen and oxygen atoms in total. The quantitative estimate of drug-likeness (QED) is 0.321. The first-order valence-electron chi connectivity index (χ1n) is 8.18. The van der Waals surface area contributed by atoms with Gasteiger partial charge >= 0.3 is 0 Å². The van der Waals surface area contributed by atoms with Crippen LogP contribution in [0.2, 0.25) is 0 Å². The van der Waals surface area contributed by atoms with Gasteiger partial charge in [0.2, 0.25) is 0 Å². The fourth-order valence-electron chi connectivity index (χ4n) is 2.28. The number of hydrogen-bond donors (Lipinski definition) is 0. The second-order valence-electron chi connectivity index (χ2n) is 5.92. The summed E-state index contributed by atoms with van der Waals surface area (Å²) in [6.45, 7) is 4.65. The van der Waals surface area contributed by atoms with E-state index in [1.54, 1.807) is 11.3 Å². The molecule has 20 heavy (non-hydrogen) atoms. The van der Waals surface area contributed by atoms with Crippen LogP contribution in [0.1, 0.15) is 78.1 Å². The Balaban J connectivity index is 1.72. The van der Waals surface area contributed by atoms with Crippen LogP contribution in [0.4, 0.5) is 0 Å². The van der Waals surface area contributed by atoms with E-state index in [0.717, 1.165) is 10.3 Å². The molecule has 1 heterocycles. The molecule has 0 bridgehead atoms. The van der Waals surface area contributed by atoms with Gasteiger partial charge in [0, 0.05) is 5.75 Å². The third-order valence-electron chi connectivity index (χ3n) is 3.49. The molecule has 0 amide bonds. The molecule has 1 aromatic heterocycles. The van der Waals surface area contributed by atoms with E-state index in [-0.39, 0.29) is 0 Å². The molecule has 1 rings (SSSR count). The molecule has 116 valence electrons. The topological polar surface area (TPSA) is 25.8 Å². The lowest BCUT2D eigenvalue weighted by atomic mass is 10.0. The van der Waals surface area contributed by atoms with Crippen LogP contribution in [0.5, 0.6) is 0 Å². The molecule has 0 radical (unpaired) electrons. The molecule has 0 atom stereocenters. The third-order valence-corrected chi connectivity index (χ3v) is 5.44. The summed E-state index contributed by atoms with van der Waals surface area (Å²) in [4.78, 5) is 0. The highest BCUT2D eigenvalue weighted by atomic mass is 32.2. The van der Waals surface area contributed by atoms with Crippen molar-refractivity contribution in [2.45, 2.75) is 82.4 Å². The zero-order valence-corrected chi connectivity index (χ0v) is 14.8. The van der Waals surface area contributed by atoms with Crippen molar-refractivity contribution in [3.8, 4) is 0 Å². The Morgan fingerprint density at radius 1 is 0.950 bits per heavy atom. The predicted molar refractivity (Wildman–Crippen MR) is 91.6 cm³/mol. The van der Waals surface area contributed by atoms with Crippen molar-refractivity contribution in [3.63, 3.8) is 0 Å². The Labute approximate surface area is 133 Å². The monoisotopic (exact) mass is 314 g/mol. The maximum atomic E-state index is 4.04. The molecule has 0 unspecified atom stereocenters. The van der Waals surface area contributed by atoms with Gasteiger partial charge in [0.1, 0.15) is 5.51 Å². The van der Waals surface area contributed by atoms with E-state index >= 15 is 0 Å². The first-order valence-corrected chi connectivity index (χ1v) is 10.0. The first-order chi connectivity index (χ1) is 9.79. The summed E-state index contributed by atoms with van der Waals surface area (Å²) in [5, 5.41) is 7.89. The second kappa shape index (κ2) is 12.6. The van der Waals surface area contributed by atoms with Crippen LogP contribution in [0.3, 0.4) is 0 Å². The molecule has 0 aliphatic carbocycles. The lowest BCUT2D eigenvalue weighted by molar-refractivity contribution is 0.507. The van der Waals surface area contributed by atoms with Crippen molar-refractivity contribution in [2.24, 2.45) is 5.92 Å². The smallest absolute Gasteiger partial charge is 0.146 e. The summed E-state index contributed by atoms with van der Waals surface area (Å²) in [5.74, 6) is 2.08. The molecule has 1 aromatic rings. The van der Waals surface area contributed by atoms with Crippen molar-refractivity contribution < 1.29 is 0 Å². The summed E-state index contributed by atoms with van der Waals surface area (Å²) in [7, 11) is 0. The lowest BCUT2D eigenvalue weighted by Gasteiger charge is -2.04. The second-order valence-corrected chi connectivity index (χ2v) is 8.09. The van der Waals surface area contributed by atoms with E-state index < -0.39 is 0 Å². The number of aromatic nitrogens is 2. The Hall–Kier alpha value is -0.0900. The Morgan fingerprint density at radius 3 is 2.10 bits per heavy atom. The molecule has 0 saturated heterocycles. The van der Waals surface area contributed by atoms with Gasteiger partial charge in [-0.2, -0.15) is 0 Å². The van der Waals surface area contributed by atoms with Gasteiger partial charge in [-0.3, -0.25) is 0 Å². The highest BCUT2D eigenvalue weighted by molar-refractivity contribution is 8.00. The molecule has 0 fully saturated rings. The SMILES string of the molecule is CC(C)CCCCCCCCCCCSc1nncs1. The summed E-state index contributed by atoms with van der Waals surface area (Å²) >= 11 is 3.50. The lowest BCUT2D eigenvalue weighted by Crippen LogP contribution is -1.87. The first kappa shape index (κ1) is 18.0. The number of unbranched alkanes of at least 4 members (excludes halogenated alkanes) is 8. The van der Waals surface area contributed by atoms with Crippen LogP contribution in [-0.2, 0) is 0 Å². The molecule has 0 aromatic carbocycles. The van der Waals surface area contributed by atoms with Crippen LogP contribution in [0.25, 0.3) is 0 Å². The van der Waals surface area contributed by atoms with Crippen LogP contribution in [-0.4, -0.2) is 16.0 Å². The van der Waals surface area contributed by atoms with Gasteiger partial charge in [-0.25, -0.2) is 0 Å². The number of hydrogen-bond acceptors (Lipinski definition) is 4. The normalized spacial score (nSPS) is 11.3. The fraction of sp³-hybridized carbons (Fsp3) is 0.875. The van der Waals surface area contributed by atoms with Gasteiger partial charge in [0.25, 0.3) is 0 Å². The van der Waals surface area contributed by atoms with Crippen LogP contribution >= 0.6 is 23.1 Å². The van der Waals surface area contributed by atoms with Gasteiger partial charge in [-0.1, -0.05) is 94.7 Å². The molecule has 4 heteroatoms. The summed E-state index contributed by atoms with van der Waals surface area (Å²) in [6, 6.07) is 0. The minimum absolute atomic E-state index is 0.882. The Morgan fingerprint density at radius 2 is 1.55 bits per heavy atom. The van der Waals surface area contributed by atoms with Gasteiger partial charge in [-0.05, 0) is 12.3 Å². The number of nitrogens with zero attached hydrogens (tertiary/aromatic N) is 2. The maximum Gasteiger partial charge on any atom is 0.174 e. The van der Waals surface area contributed by atoms with Gasteiger partial charge < -0.3 is 0 Å². The van der Waals surface area contributed by atoms with Crippen molar-refractivity contribution in [2.75, 3.05) is 5.75 Å². The van der Waals surface area contributed by atoms with Gasteiger partial charge in [0.15, 0.2) is 4.34 Å². The molecular formula is C16H30N2S2. The van der Waals surface area contributed by atoms with E-state index in [4.69, 9.17) is 0 Å². The zero-order chi connectivity index (χ0) is 14.5. The highest BCUT2D eigenvalue weighted by Gasteiger charge is 1.98. The van der Waals surface area contributed by atoms with Crippen molar-refractivity contribution in [3.05, 3.63) is 5.51 Å². The van der Waals surface area contributed by atoms with Gasteiger partial charge in [0.05, 0.1) is 0 Å². The van der Waals surface area contributed by atoms with Crippen LogP contribution in [0, 0.1) is 5.92 Å². The number of rotatable bonds is 13. The molecule has 0 aliphatic rings. The molecule has 0 spiro atoms. The molecule has 0 N–H and O–H groups in total. The Bertz CT molecular complexity index is 299. The Kier molecular flexibility index (Phi) is 11.3. The largest absolute Gasteiger partial charge is 0.174 e. The van der Waals surface area contributed by atoms with Crippen molar-refractivity contribution in [1.82, 2.24) is 10.2 Å². The summed E-state index contributed by atoms with van der Waals surface area (Å²) in [6.07, 6.45) is 14.1.